The predicted molar refractivity (Wildman–Crippen MR) is 85.4 cm³/mol. The molecule has 1 aromatic heterocycles. The van der Waals surface area contributed by atoms with Crippen molar-refractivity contribution >= 4 is 5.91 Å². The summed E-state index contributed by atoms with van der Waals surface area (Å²) in [5, 5.41) is 2.81. The molecule has 0 radical (unpaired) electrons. The average molecular weight is 334 g/mol. The Kier molecular flexibility index (Phi) is 5.25. The SMILES string of the molecule is O=C(NCC1CCN(Cc2ccco2)CC1)c1ccc(F)c(F)c1. The maximum Gasteiger partial charge on any atom is 0.251 e. The Morgan fingerprint density at radius 1 is 1.21 bits per heavy atom. The molecular weight excluding hydrogens is 314 g/mol. The first-order chi connectivity index (χ1) is 11.6. The summed E-state index contributed by atoms with van der Waals surface area (Å²) in [7, 11) is 0. The highest BCUT2D eigenvalue weighted by molar-refractivity contribution is 5.94. The van der Waals surface area contributed by atoms with Gasteiger partial charge in [0.2, 0.25) is 0 Å². The molecule has 1 saturated heterocycles. The van der Waals surface area contributed by atoms with Gasteiger partial charge in [0.1, 0.15) is 5.76 Å². The number of carbonyl (C=O) groups excluding carboxylic acids is 1. The third kappa shape index (κ3) is 4.20. The van der Waals surface area contributed by atoms with E-state index >= 15 is 0 Å². The Hall–Kier alpha value is -2.21. The van der Waals surface area contributed by atoms with Crippen LogP contribution in [0.1, 0.15) is 29.0 Å². The van der Waals surface area contributed by atoms with E-state index in [0.717, 1.165) is 50.4 Å². The van der Waals surface area contributed by atoms with Gasteiger partial charge in [0, 0.05) is 12.1 Å². The van der Waals surface area contributed by atoms with Gasteiger partial charge in [-0.25, -0.2) is 8.78 Å². The number of halogens is 2. The second-order valence-electron chi connectivity index (χ2n) is 6.14. The fourth-order valence-corrected chi connectivity index (χ4v) is 2.95. The third-order valence-corrected chi connectivity index (χ3v) is 4.40. The van der Waals surface area contributed by atoms with E-state index in [0.29, 0.717) is 12.5 Å². The lowest BCUT2D eigenvalue weighted by atomic mass is 9.96. The van der Waals surface area contributed by atoms with Gasteiger partial charge in [-0.1, -0.05) is 0 Å². The van der Waals surface area contributed by atoms with Gasteiger partial charge < -0.3 is 9.73 Å². The van der Waals surface area contributed by atoms with Crippen molar-refractivity contribution in [2.24, 2.45) is 5.92 Å². The van der Waals surface area contributed by atoms with Gasteiger partial charge in [0.25, 0.3) is 5.91 Å². The molecule has 1 aliphatic heterocycles. The molecule has 1 amide bonds. The van der Waals surface area contributed by atoms with Gasteiger partial charge in [-0.2, -0.15) is 0 Å². The van der Waals surface area contributed by atoms with E-state index in [-0.39, 0.29) is 11.5 Å². The normalized spacial score (nSPS) is 16.2. The first kappa shape index (κ1) is 16.6. The van der Waals surface area contributed by atoms with Crippen molar-refractivity contribution in [1.82, 2.24) is 10.2 Å². The Morgan fingerprint density at radius 2 is 2.00 bits per heavy atom. The number of nitrogens with zero attached hydrogens (tertiary/aromatic N) is 1. The van der Waals surface area contributed by atoms with E-state index in [1.165, 1.54) is 6.07 Å². The van der Waals surface area contributed by atoms with Crippen molar-refractivity contribution in [3.05, 3.63) is 59.6 Å². The van der Waals surface area contributed by atoms with Gasteiger partial charge in [0.15, 0.2) is 11.6 Å². The predicted octanol–water partition coefficient (Wildman–Crippen LogP) is 3.20. The summed E-state index contributed by atoms with van der Waals surface area (Å²) in [6.07, 6.45) is 3.65. The largest absolute Gasteiger partial charge is 0.468 e. The molecule has 0 saturated carbocycles. The lowest BCUT2D eigenvalue weighted by Crippen LogP contribution is -2.38. The molecule has 24 heavy (non-hydrogen) atoms. The van der Waals surface area contributed by atoms with Gasteiger partial charge in [-0.3, -0.25) is 9.69 Å². The Bertz CT molecular complexity index is 680. The maximum absolute atomic E-state index is 13.2. The molecule has 0 spiro atoms. The van der Waals surface area contributed by atoms with Crippen molar-refractivity contribution in [3.63, 3.8) is 0 Å². The summed E-state index contributed by atoms with van der Waals surface area (Å²) >= 11 is 0. The molecule has 1 aliphatic rings. The fraction of sp³-hybridized carbons (Fsp3) is 0.389. The van der Waals surface area contributed by atoms with Gasteiger partial charge in [-0.05, 0) is 62.2 Å². The van der Waals surface area contributed by atoms with Crippen molar-refractivity contribution in [3.8, 4) is 0 Å². The van der Waals surface area contributed by atoms with Crippen molar-refractivity contribution < 1.29 is 18.0 Å². The van der Waals surface area contributed by atoms with Crippen LogP contribution >= 0.6 is 0 Å². The minimum absolute atomic E-state index is 0.143. The minimum Gasteiger partial charge on any atom is -0.468 e. The van der Waals surface area contributed by atoms with E-state index in [2.05, 4.69) is 10.2 Å². The Morgan fingerprint density at radius 3 is 2.67 bits per heavy atom. The third-order valence-electron chi connectivity index (χ3n) is 4.40. The van der Waals surface area contributed by atoms with E-state index in [1.54, 1.807) is 6.26 Å². The molecule has 4 nitrogen and oxygen atoms in total. The van der Waals surface area contributed by atoms with Crippen LogP contribution in [-0.4, -0.2) is 30.4 Å². The second-order valence-corrected chi connectivity index (χ2v) is 6.14. The molecule has 6 heteroatoms. The van der Waals surface area contributed by atoms with Gasteiger partial charge >= 0.3 is 0 Å². The number of hydrogen-bond donors (Lipinski definition) is 1. The van der Waals surface area contributed by atoms with Crippen LogP contribution in [0.4, 0.5) is 8.78 Å². The summed E-state index contributed by atoms with van der Waals surface area (Å²) in [5.41, 5.74) is 0.143. The van der Waals surface area contributed by atoms with Crippen LogP contribution in [0, 0.1) is 17.6 Å². The van der Waals surface area contributed by atoms with Crippen LogP contribution in [0.3, 0.4) is 0 Å². The lowest BCUT2D eigenvalue weighted by Gasteiger charge is -2.31. The molecule has 1 aromatic carbocycles. The zero-order chi connectivity index (χ0) is 16.9. The number of piperidine rings is 1. The molecule has 0 atom stereocenters. The molecule has 0 bridgehead atoms. The van der Waals surface area contributed by atoms with Crippen LogP contribution in [0.15, 0.2) is 41.0 Å². The standard InChI is InChI=1S/C18H20F2N2O2/c19-16-4-3-14(10-17(16)20)18(23)21-11-13-5-7-22(8-6-13)12-15-2-1-9-24-15/h1-4,9-10,13H,5-8,11-12H2,(H,21,23). The van der Waals surface area contributed by atoms with Crippen molar-refractivity contribution in [2.45, 2.75) is 19.4 Å². The maximum atomic E-state index is 13.2. The number of likely N-dealkylation sites (tertiary alicyclic amines) is 1. The van der Waals surface area contributed by atoms with Crippen molar-refractivity contribution in [2.75, 3.05) is 19.6 Å². The highest BCUT2D eigenvalue weighted by atomic mass is 19.2. The Balaban J connectivity index is 1.43. The smallest absolute Gasteiger partial charge is 0.251 e. The summed E-state index contributed by atoms with van der Waals surface area (Å²) in [6.45, 7) is 3.26. The molecule has 1 N–H and O–H groups in total. The van der Waals surface area contributed by atoms with E-state index in [4.69, 9.17) is 4.42 Å². The van der Waals surface area contributed by atoms with Gasteiger partial charge in [0.05, 0.1) is 12.8 Å². The number of furan rings is 1. The molecule has 0 aliphatic carbocycles. The number of hydrogen-bond acceptors (Lipinski definition) is 3. The van der Waals surface area contributed by atoms with Gasteiger partial charge in [-0.15, -0.1) is 0 Å². The quantitative estimate of drug-likeness (QED) is 0.913. The lowest BCUT2D eigenvalue weighted by molar-refractivity contribution is 0.0933. The Labute approximate surface area is 139 Å². The first-order valence-electron chi connectivity index (χ1n) is 8.10. The summed E-state index contributed by atoms with van der Waals surface area (Å²) in [5.74, 6) is -0.969. The molecule has 1 fully saturated rings. The molecular formula is C18H20F2N2O2. The average Bonchev–Trinajstić information content (AvgIpc) is 3.09. The van der Waals surface area contributed by atoms with Crippen LogP contribution in [0.2, 0.25) is 0 Å². The number of rotatable bonds is 5. The second kappa shape index (κ2) is 7.57. The number of amides is 1. The zero-order valence-corrected chi connectivity index (χ0v) is 13.3. The first-order valence-corrected chi connectivity index (χ1v) is 8.10. The minimum atomic E-state index is -1.01. The fourth-order valence-electron chi connectivity index (χ4n) is 2.95. The molecule has 2 aromatic rings. The van der Waals surface area contributed by atoms with Crippen LogP contribution in [0.25, 0.3) is 0 Å². The zero-order valence-electron chi connectivity index (χ0n) is 13.3. The van der Waals surface area contributed by atoms with E-state index in [1.807, 2.05) is 12.1 Å². The summed E-state index contributed by atoms with van der Waals surface area (Å²) in [6, 6.07) is 7.04. The number of carbonyl (C=O) groups is 1. The molecule has 128 valence electrons. The van der Waals surface area contributed by atoms with Crippen LogP contribution < -0.4 is 5.32 Å². The topological polar surface area (TPSA) is 45.5 Å². The summed E-state index contributed by atoms with van der Waals surface area (Å²) < 4.78 is 31.4. The van der Waals surface area contributed by atoms with E-state index < -0.39 is 11.6 Å². The monoisotopic (exact) mass is 334 g/mol. The van der Waals surface area contributed by atoms with E-state index in [9.17, 15) is 13.6 Å². The molecule has 0 unspecified atom stereocenters. The number of nitrogens with one attached hydrogen (secondary N) is 1. The highest BCUT2D eigenvalue weighted by Crippen LogP contribution is 2.19. The summed E-state index contributed by atoms with van der Waals surface area (Å²) in [4.78, 5) is 14.3. The molecule has 3 rings (SSSR count). The highest BCUT2D eigenvalue weighted by Gasteiger charge is 2.20. The van der Waals surface area contributed by atoms with Crippen LogP contribution in [-0.2, 0) is 6.54 Å². The van der Waals surface area contributed by atoms with Crippen molar-refractivity contribution in [1.29, 1.82) is 0 Å². The van der Waals surface area contributed by atoms with Crippen LogP contribution in [0.5, 0.6) is 0 Å². The molecule has 2 heterocycles. The number of benzene rings is 1.